The van der Waals surface area contributed by atoms with Crippen molar-refractivity contribution in [2.24, 2.45) is 0 Å². The highest BCUT2D eigenvalue weighted by molar-refractivity contribution is 9.10. The molecule has 0 saturated carbocycles. The number of hydrogen-bond donors (Lipinski definition) is 1. The lowest BCUT2D eigenvalue weighted by Gasteiger charge is -2.08. The van der Waals surface area contributed by atoms with Crippen LogP contribution in [0.4, 0.5) is 0 Å². The van der Waals surface area contributed by atoms with Gasteiger partial charge in [-0.05, 0) is 31.0 Å². The first-order valence-corrected chi connectivity index (χ1v) is 5.83. The second kappa shape index (κ2) is 5.25. The summed E-state index contributed by atoms with van der Waals surface area (Å²) in [5.74, 6) is -0.918. The van der Waals surface area contributed by atoms with Crippen LogP contribution in [0.15, 0.2) is 18.2 Å². The van der Waals surface area contributed by atoms with E-state index in [2.05, 4.69) is 15.9 Å². The molecule has 0 aliphatic heterocycles. The third-order valence-corrected chi connectivity index (χ3v) is 2.70. The zero-order chi connectivity index (χ0) is 12.3. The Morgan fingerprint density at radius 3 is 2.56 bits per heavy atom. The fraction of sp³-hybridized carbons (Fsp3) is 0.333. The highest BCUT2D eigenvalue weighted by atomic mass is 79.9. The van der Waals surface area contributed by atoms with Crippen LogP contribution in [0.3, 0.4) is 0 Å². The summed E-state index contributed by atoms with van der Waals surface area (Å²) in [5, 5.41) is 8.68. The summed E-state index contributed by atoms with van der Waals surface area (Å²) in [7, 11) is 0. The van der Waals surface area contributed by atoms with Gasteiger partial charge in [0, 0.05) is 5.56 Å². The Morgan fingerprint density at radius 1 is 1.44 bits per heavy atom. The molecule has 0 bridgehead atoms. The molecule has 1 aromatic rings. The van der Waals surface area contributed by atoms with Gasteiger partial charge < -0.3 is 5.11 Å². The Balaban J connectivity index is 3.08. The summed E-state index contributed by atoms with van der Waals surface area (Å²) in [6, 6.07) is 5.17. The number of halogens is 1. The van der Waals surface area contributed by atoms with Crippen LogP contribution in [0, 0.1) is 6.92 Å². The van der Waals surface area contributed by atoms with E-state index in [0.29, 0.717) is 11.1 Å². The van der Waals surface area contributed by atoms with Gasteiger partial charge in [0.1, 0.15) is 0 Å². The van der Waals surface area contributed by atoms with Gasteiger partial charge in [-0.15, -0.1) is 0 Å². The summed E-state index contributed by atoms with van der Waals surface area (Å²) in [6.45, 7) is 3.60. The smallest absolute Gasteiger partial charge is 0.307 e. The number of aliphatic carboxylic acids is 1. The molecule has 0 amide bonds. The van der Waals surface area contributed by atoms with Crippen molar-refractivity contribution in [3.63, 3.8) is 0 Å². The van der Waals surface area contributed by atoms with Crippen LogP contribution >= 0.6 is 15.9 Å². The zero-order valence-corrected chi connectivity index (χ0v) is 10.7. The molecule has 0 aliphatic rings. The first kappa shape index (κ1) is 12.9. The summed E-state index contributed by atoms with van der Waals surface area (Å²) >= 11 is 3.22. The van der Waals surface area contributed by atoms with Crippen molar-refractivity contribution in [2.45, 2.75) is 25.1 Å². The van der Waals surface area contributed by atoms with Crippen LogP contribution in [0.1, 0.15) is 28.4 Å². The van der Waals surface area contributed by atoms with E-state index in [1.165, 1.54) is 0 Å². The predicted octanol–water partition coefficient (Wildman–Crippen LogP) is 2.59. The number of carbonyl (C=O) groups is 2. The lowest BCUT2D eigenvalue weighted by Crippen LogP contribution is -2.12. The van der Waals surface area contributed by atoms with Gasteiger partial charge in [-0.1, -0.05) is 28.1 Å². The maximum Gasteiger partial charge on any atom is 0.307 e. The number of carboxylic acids is 1. The monoisotopic (exact) mass is 284 g/mol. The zero-order valence-electron chi connectivity index (χ0n) is 9.16. The number of hydrogen-bond acceptors (Lipinski definition) is 2. The van der Waals surface area contributed by atoms with E-state index in [-0.39, 0.29) is 17.0 Å². The number of aryl methyl sites for hydroxylation is 1. The average Bonchev–Trinajstić information content (AvgIpc) is 2.19. The third kappa shape index (κ3) is 3.17. The van der Waals surface area contributed by atoms with E-state index in [1.54, 1.807) is 25.1 Å². The molecule has 16 heavy (non-hydrogen) atoms. The van der Waals surface area contributed by atoms with Crippen LogP contribution in [0.5, 0.6) is 0 Å². The second-order valence-corrected chi connectivity index (χ2v) is 5.07. The molecule has 0 saturated heterocycles. The molecule has 4 heteroatoms. The van der Waals surface area contributed by atoms with Crippen LogP contribution in [0.25, 0.3) is 0 Å². The van der Waals surface area contributed by atoms with Gasteiger partial charge in [-0.25, -0.2) is 0 Å². The molecular weight excluding hydrogens is 272 g/mol. The number of rotatable bonds is 4. The summed E-state index contributed by atoms with van der Waals surface area (Å²) < 4.78 is 0. The van der Waals surface area contributed by atoms with Crippen LogP contribution < -0.4 is 0 Å². The van der Waals surface area contributed by atoms with Crippen LogP contribution in [-0.4, -0.2) is 21.7 Å². The van der Waals surface area contributed by atoms with Gasteiger partial charge in [0.05, 0.1) is 11.2 Å². The highest BCUT2D eigenvalue weighted by Crippen LogP contribution is 2.16. The predicted molar refractivity (Wildman–Crippen MR) is 65.2 cm³/mol. The lowest BCUT2D eigenvalue weighted by atomic mass is 9.99. The normalized spacial score (nSPS) is 12.2. The Bertz CT molecular complexity index is 424. The molecule has 0 aromatic heterocycles. The maximum absolute atomic E-state index is 11.8. The van der Waals surface area contributed by atoms with E-state index in [4.69, 9.17) is 5.11 Å². The second-order valence-electron chi connectivity index (χ2n) is 3.70. The molecule has 0 spiro atoms. The molecule has 3 nitrogen and oxygen atoms in total. The van der Waals surface area contributed by atoms with Crippen molar-refractivity contribution in [1.29, 1.82) is 0 Å². The summed E-state index contributed by atoms with van der Waals surface area (Å²) in [6.07, 6.45) is -0.0583. The van der Waals surface area contributed by atoms with Gasteiger partial charge in [0.25, 0.3) is 0 Å². The lowest BCUT2D eigenvalue weighted by molar-refractivity contribution is -0.136. The minimum absolute atomic E-state index is 0.0234. The quantitative estimate of drug-likeness (QED) is 0.683. The number of Topliss-reactive ketones (excluding diaryl/α,β-unsaturated/α-hetero) is 1. The Kier molecular flexibility index (Phi) is 4.24. The number of carbonyl (C=O) groups excluding carboxylic acids is 1. The molecule has 1 atom stereocenters. The van der Waals surface area contributed by atoms with E-state index < -0.39 is 5.97 Å². The molecule has 86 valence electrons. The largest absolute Gasteiger partial charge is 0.481 e. The van der Waals surface area contributed by atoms with E-state index in [0.717, 1.165) is 5.56 Å². The van der Waals surface area contributed by atoms with Crippen molar-refractivity contribution < 1.29 is 14.7 Å². The van der Waals surface area contributed by atoms with Crippen molar-refractivity contribution >= 4 is 27.7 Å². The molecule has 1 aromatic carbocycles. The maximum atomic E-state index is 11.8. The molecule has 0 fully saturated rings. The fourth-order valence-corrected chi connectivity index (χ4v) is 1.68. The molecular formula is C12H13BrO3. The molecule has 0 aliphatic carbocycles. The number of alkyl halides is 1. The van der Waals surface area contributed by atoms with Gasteiger partial charge in [0.15, 0.2) is 5.78 Å². The molecule has 0 heterocycles. The Hall–Kier alpha value is -1.16. The Labute approximate surface area is 103 Å². The standard InChI is InChI=1S/C12H13BrO3/c1-7-3-4-9(6-11(14)15)5-10(7)12(16)8(2)13/h3-5,8H,6H2,1-2H3,(H,14,15). The van der Waals surface area contributed by atoms with Crippen molar-refractivity contribution in [2.75, 3.05) is 0 Å². The van der Waals surface area contributed by atoms with Crippen molar-refractivity contribution in [3.05, 3.63) is 34.9 Å². The van der Waals surface area contributed by atoms with Gasteiger partial charge in [-0.3, -0.25) is 9.59 Å². The van der Waals surface area contributed by atoms with Crippen LogP contribution in [0.2, 0.25) is 0 Å². The molecule has 1 N–H and O–H groups in total. The summed E-state index contributed by atoms with van der Waals surface area (Å²) in [4.78, 5) is 22.1. The van der Waals surface area contributed by atoms with Crippen LogP contribution in [-0.2, 0) is 11.2 Å². The molecule has 0 radical (unpaired) electrons. The Morgan fingerprint density at radius 2 is 2.06 bits per heavy atom. The first-order valence-electron chi connectivity index (χ1n) is 4.91. The minimum Gasteiger partial charge on any atom is -0.481 e. The fourth-order valence-electron chi connectivity index (χ4n) is 1.43. The van der Waals surface area contributed by atoms with E-state index >= 15 is 0 Å². The molecule has 1 unspecified atom stereocenters. The van der Waals surface area contributed by atoms with E-state index in [1.807, 2.05) is 6.92 Å². The van der Waals surface area contributed by atoms with Gasteiger partial charge in [0.2, 0.25) is 0 Å². The SMILES string of the molecule is Cc1ccc(CC(=O)O)cc1C(=O)C(C)Br. The number of ketones is 1. The highest BCUT2D eigenvalue weighted by Gasteiger charge is 2.15. The third-order valence-electron chi connectivity index (χ3n) is 2.28. The van der Waals surface area contributed by atoms with Gasteiger partial charge in [-0.2, -0.15) is 0 Å². The first-order chi connectivity index (χ1) is 7.41. The average molecular weight is 285 g/mol. The van der Waals surface area contributed by atoms with Crippen molar-refractivity contribution in [1.82, 2.24) is 0 Å². The van der Waals surface area contributed by atoms with Gasteiger partial charge >= 0.3 is 5.97 Å². The minimum atomic E-state index is -0.894. The van der Waals surface area contributed by atoms with Crippen molar-refractivity contribution in [3.8, 4) is 0 Å². The molecule has 1 rings (SSSR count). The van der Waals surface area contributed by atoms with E-state index in [9.17, 15) is 9.59 Å². The number of carboxylic acid groups (broad SMARTS) is 1. The topological polar surface area (TPSA) is 54.4 Å². The number of benzene rings is 1. The summed E-state index contributed by atoms with van der Waals surface area (Å²) in [5.41, 5.74) is 2.10.